The molecule has 1 amide bonds. The minimum absolute atomic E-state index is 0. The lowest BCUT2D eigenvalue weighted by Gasteiger charge is -2.10. The number of amides is 1. The Hall–Kier alpha value is -1.50. The number of nitrogens with zero attached hydrogens (tertiary/aromatic N) is 2. The van der Waals surface area contributed by atoms with Crippen molar-refractivity contribution in [2.75, 3.05) is 5.32 Å². The van der Waals surface area contributed by atoms with Crippen LogP contribution in [0.1, 0.15) is 12.8 Å². The highest BCUT2D eigenvalue weighted by Crippen LogP contribution is 2.33. The van der Waals surface area contributed by atoms with Gasteiger partial charge in [-0.2, -0.15) is 0 Å². The molecule has 100 valence electrons. The van der Waals surface area contributed by atoms with Crippen molar-refractivity contribution in [3.8, 4) is 11.3 Å². The highest BCUT2D eigenvalue weighted by molar-refractivity contribution is 7.03. The first-order valence-corrected chi connectivity index (χ1v) is 6.49. The quantitative estimate of drug-likeness (QED) is 0.908. The van der Waals surface area contributed by atoms with Crippen molar-refractivity contribution in [2.45, 2.75) is 18.4 Å². The number of anilines is 1. The van der Waals surface area contributed by atoms with Crippen LogP contribution in [-0.4, -0.2) is 21.0 Å². The van der Waals surface area contributed by atoms with Gasteiger partial charge in [-0.15, -0.1) is 17.5 Å². The van der Waals surface area contributed by atoms with Crippen molar-refractivity contribution in [2.24, 2.45) is 5.73 Å². The molecule has 1 aromatic carbocycles. The van der Waals surface area contributed by atoms with Crippen LogP contribution < -0.4 is 11.1 Å². The van der Waals surface area contributed by atoms with Crippen molar-refractivity contribution < 1.29 is 4.79 Å². The van der Waals surface area contributed by atoms with Gasteiger partial charge in [-0.25, -0.2) is 0 Å². The summed E-state index contributed by atoms with van der Waals surface area (Å²) in [6.45, 7) is 0. The molecule has 19 heavy (non-hydrogen) atoms. The molecule has 1 aliphatic rings. The molecule has 1 heterocycles. The number of hydrogen-bond donors (Lipinski definition) is 2. The predicted octanol–water partition coefficient (Wildman–Crippen LogP) is 2.06. The average Bonchev–Trinajstić information content (AvgIpc) is 2.94. The highest BCUT2D eigenvalue weighted by Gasteiger charge is 2.45. The van der Waals surface area contributed by atoms with Crippen molar-refractivity contribution >= 4 is 35.5 Å². The zero-order valence-electron chi connectivity index (χ0n) is 10.00. The predicted molar refractivity (Wildman–Crippen MR) is 77.4 cm³/mol. The van der Waals surface area contributed by atoms with E-state index < -0.39 is 5.54 Å². The average molecular weight is 297 g/mol. The number of carbonyl (C=O) groups excluding carboxylic acids is 1. The summed E-state index contributed by atoms with van der Waals surface area (Å²) in [5.74, 6) is -0.106. The molecular weight excluding hydrogens is 284 g/mol. The molecule has 1 aliphatic carbocycles. The van der Waals surface area contributed by atoms with E-state index >= 15 is 0 Å². The summed E-state index contributed by atoms with van der Waals surface area (Å²) in [5.41, 5.74) is 7.75. The summed E-state index contributed by atoms with van der Waals surface area (Å²) < 4.78 is 3.82. The van der Waals surface area contributed by atoms with Crippen LogP contribution in [0.3, 0.4) is 0 Å². The molecule has 0 unspecified atom stereocenters. The van der Waals surface area contributed by atoms with E-state index in [-0.39, 0.29) is 18.3 Å². The van der Waals surface area contributed by atoms with Crippen LogP contribution in [0.2, 0.25) is 0 Å². The van der Waals surface area contributed by atoms with E-state index in [1.807, 2.05) is 29.6 Å². The van der Waals surface area contributed by atoms with E-state index in [0.29, 0.717) is 0 Å². The molecule has 2 aromatic rings. The summed E-state index contributed by atoms with van der Waals surface area (Å²) in [4.78, 5) is 11.8. The molecule has 0 bridgehead atoms. The first-order chi connectivity index (χ1) is 8.67. The topological polar surface area (TPSA) is 80.9 Å². The van der Waals surface area contributed by atoms with Crippen LogP contribution in [0, 0.1) is 0 Å². The zero-order chi connectivity index (χ0) is 12.6. The number of hydrogen-bond acceptors (Lipinski definition) is 5. The Morgan fingerprint density at radius 3 is 2.53 bits per heavy atom. The third kappa shape index (κ3) is 2.91. The van der Waals surface area contributed by atoms with Crippen LogP contribution in [0.4, 0.5) is 5.69 Å². The standard InChI is InChI=1S/C12H12N4OS.ClH/c13-12(5-6-12)11(17)14-9-3-1-8(2-4-9)10-7-18-16-15-10;/h1-4,7H,5-6,13H2,(H,14,17);1H. The fourth-order valence-electron chi connectivity index (χ4n) is 1.63. The summed E-state index contributed by atoms with van der Waals surface area (Å²) in [5, 5.41) is 8.69. The second kappa shape index (κ2) is 5.24. The maximum atomic E-state index is 11.8. The molecule has 1 aromatic heterocycles. The van der Waals surface area contributed by atoms with Crippen LogP contribution in [-0.2, 0) is 4.79 Å². The molecule has 0 radical (unpaired) electrons. The fourth-order valence-corrected chi connectivity index (χ4v) is 2.10. The molecule has 3 N–H and O–H groups in total. The third-order valence-electron chi connectivity index (χ3n) is 3.04. The van der Waals surface area contributed by atoms with Gasteiger partial charge in [-0.3, -0.25) is 4.79 Å². The first-order valence-electron chi connectivity index (χ1n) is 5.65. The molecule has 0 aliphatic heterocycles. The van der Waals surface area contributed by atoms with E-state index in [0.717, 1.165) is 29.8 Å². The maximum absolute atomic E-state index is 11.8. The largest absolute Gasteiger partial charge is 0.324 e. The van der Waals surface area contributed by atoms with Crippen LogP contribution >= 0.6 is 23.9 Å². The Labute approximate surface area is 120 Å². The molecule has 0 spiro atoms. The van der Waals surface area contributed by atoms with Crippen molar-refractivity contribution in [1.82, 2.24) is 9.59 Å². The SMILES string of the molecule is Cl.NC1(C(=O)Nc2ccc(-c3csnn3)cc2)CC1. The van der Waals surface area contributed by atoms with E-state index in [4.69, 9.17) is 5.73 Å². The Kier molecular flexibility index (Phi) is 3.84. The molecule has 1 fully saturated rings. The maximum Gasteiger partial charge on any atom is 0.244 e. The van der Waals surface area contributed by atoms with Crippen molar-refractivity contribution in [3.63, 3.8) is 0 Å². The number of aromatic nitrogens is 2. The van der Waals surface area contributed by atoms with Gasteiger partial charge in [-0.05, 0) is 36.5 Å². The van der Waals surface area contributed by atoms with Gasteiger partial charge < -0.3 is 11.1 Å². The number of benzene rings is 1. The van der Waals surface area contributed by atoms with Gasteiger partial charge >= 0.3 is 0 Å². The monoisotopic (exact) mass is 296 g/mol. The number of halogens is 1. The van der Waals surface area contributed by atoms with Gasteiger partial charge in [-0.1, -0.05) is 16.6 Å². The van der Waals surface area contributed by atoms with Gasteiger partial charge in [0.05, 0.1) is 5.54 Å². The number of nitrogens with two attached hydrogens (primary N) is 1. The van der Waals surface area contributed by atoms with E-state index in [1.165, 1.54) is 11.5 Å². The first kappa shape index (κ1) is 13.9. The van der Waals surface area contributed by atoms with E-state index in [9.17, 15) is 4.79 Å². The number of rotatable bonds is 3. The molecule has 5 nitrogen and oxygen atoms in total. The summed E-state index contributed by atoms with van der Waals surface area (Å²) in [6.07, 6.45) is 1.53. The Bertz CT molecular complexity index is 566. The van der Waals surface area contributed by atoms with Crippen molar-refractivity contribution in [3.05, 3.63) is 29.6 Å². The minimum Gasteiger partial charge on any atom is -0.324 e. The van der Waals surface area contributed by atoms with Gasteiger partial charge in [0.2, 0.25) is 5.91 Å². The summed E-state index contributed by atoms with van der Waals surface area (Å²) in [7, 11) is 0. The second-order valence-corrected chi connectivity index (χ2v) is 5.09. The molecule has 3 rings (SSSR count). The number of nitrogens with one attached hydrogen (secondary N) is 1. The number of carbonyl (C=O) groups is 1. The summed E-state index contributed by atoms with van der Waals surface area (Å²) in [6, 6.07) is 7.50. The fraction of sp³-hybridized carbons (Fsp3) is 0.250. The lowest BCUT2D eigenvalue weighted by molar-refractivity contribution is -0.118. The highest BCUT2D eigenvalue weighted by atomic mass is 35.5. The zero-order valence-corrected chi connectivity index (χ0v) is 11.6. The summed E-state index contributed by atoms with van der Waals surface area (Å²) >= 11 is 1.31. The van der Waals surface area contributed by atoms with Gasteiger partial charge in [0.15, 0.2) is 0 Å². The van der Waals surface area contributed by atoms with Crippen LogP contribution in [0.25, 0.3) is 11.3 Å². The second-order valence-electron chi connectivity index (χ2n) is 4.48. The Morgan fingerprint density at radius 2 is 2.00 bits per heavy atom. The lowest BCUT2D eigenvalue weighted by Crippen LogP contribution is -2.37. The van der Waals surface area contributed by atoms with Crippen LogP contribution in [0.5, 0.6) is 0 Å². The molecule has 0 atom stereocenters. The van der Waals surface area contributed by atoms with Crippen molar-refractivity contribution in [1.29, 1.82) is 0 Å². The third-order valence-corrected chi connectivity index (χ3v) is 3.54. The van der Waals surface area contributed by atoms with Gasteiger partial charge in [0.25, 0.3) is 0 Å². The molecule has 0 saturated heterocycles. The Morgan fingerprint density at radius 1 is 1.32 bits per heavy atom. The molecular formula is C12H13ClN4OS. The molecule has 7 heteroatoms. The van der Waals surface area contributed by atoms with E-state index in [2.05, 4.69) is 14.9 Å². The molecule has 1 saturated carbocycles. The van der Waals surface area contributed by atoms with E-state index in [1.54, 1.807) is 0 Å². The van der Waals surface area contributed by atoms with Crippen LogP contribution in [0.15, 0.2) is 29.6 Å². The minimum atomic E-state index is -0.641. The van der Waals surface area contributed by atoms with Gasteiger partial charge in [0, 0.05) is 16.6 Å². The smallest absolute Gasteiger partial charge is 0.244 e. The normalized spacial score (nSPS) is 15.4. The lowest BCUT2D eigenvalue weighted by atomic mass is 10.1. The Balaban J connectivity index is 0.00000133. The van der Waals surface area contributed by atoms with Gasteiger partial charge in [0.1, 0.15) is 5.69 Å².